The number of likely N-dealkylation sites (tertiary alicyclic amines) is 1. The molecule has 41 heavy (non-hydrogen) atoms. The van der Waals surface area contributed by atoms with Crippen molar-refractivity contribution < 1.29 is 31.6 Å². The Balaban J connectivity index is 1.17. The maximum absolute atomic E-state index is 13.6. The average molecular weight is 583 g/mol. The molecule has 3 fully saturated rings. The monoisotopic (exact) mass is 582 g/mol. The lowest BCUT2D eigenvalue weighted by atomic mass is 9.91. The third kappa shape index (κ3) is 5.77. The van der Waals surface area contributed by atoms with Crippen molar-refractivity contribution in [1.29, 1.82) is 0 Å². The minimum Gasteiger partial charge on any atom is -0.477 e. The molecule has 3 aliphatic rings. The summed E-state index contributed by atoms with van der Waals surface area (Å²) in [4.78, 5) is 26.2. The fourth-order valence-corrected chi connectivity index (χ4v) is 5.98. The van der Waals surface area contributed by atoms with Crippen molar-refractivity contribution in [2.75, 3.05) is 31.1 Å². The van der Waals surface area contributed by atoms with Crippen LogP contribution in [0.15, 0.2) is 53.4 Å². The molecule has 12 heteroatoms. The molecular formula is C29H31FN4O6S. The second kappa shape index (κ2) is 10.7. The highest BCUT2D eigenvalue weighted by molar-refractivity contribution is 7.85. The third-order valence-electron chi connectivity index (χ3n) is 7.88. The van der Waals surface area contributed by atoms with Crippen LogP contribution in [0.25, 0.3) is 11.3 Å². The molecule has 0 bridgehead atoms. The van der Waals surface area contributed by atoms with E-state index in [1.807, 2.05) is 6.92 Å². The first-order valence-corrected chi connectivity index (χ1v) is 15.2. The minimum atomic E-state index is -4.32. The van der Waals surface area contributed by atoms with Gasteiger partial charge >= 0.3 is 6.09 Å². The van der Waals surface area contributed by atoms with Crippen molar-refractivity contribution in [3.05, 3.63) is 65.7 Å². The molecular weight excluding hydrogens is 551 g/mol. The lowest BCUT2D eigenvalue weighted by molar-refractivity contribution is -0.00144. The molecule has 2 saturated heterocycles. The van der Waals surface area contributed by atoms with Gasteiger partial charge in [0.25, 0.3) is 10.1 Å². The number of hydrogen-bond acceptors (Lipinski definition) is 8. The summed E-state index contributed by atoms with van der Waals surface area (Å²) in [6.45, 7) is 4.58. The fraction of sp³-hybridized carbons (Fsp3) is 0.414. The van der Waals surface area contributed by atoms with Crippen molar-refractivity contribution >= 4 is 21.9 Å². The number of amides is 1. The van der Waals surface area contributed by atoms with Gasteiger partial charge in [0, 0.05) is 49.6 Å². The molecule has 1 amide bonds. The van der Waals surface area contributed by atoms with Crippen LogP contribution in [0.5, 0.6) is 5.88 Å². The topological polar surface area (TPSA) is 122 Å². The largest absolute Gasteiger partial charge is 0.477 e. The number of ether oxygens (including phenoxy) is 2. The maximum atomic E-state index is 13.6. The van der Waals surface area contributed by atoms with Gasteiger partial charge in [-0.15, -0.1) is 0 Å². The molecule has 0 radical (unpaired) electrons. The van der Waals surface area contributed by atoms with Gasteiger partial charge < -0.3 is 9.47 Å². The van der Waals surface area contributed by atoms with Crippen LogP contribution in [0.2, 0.25) is 0 Å². The zero-order chi connectivity index (χ0) is 28.8. The van der Waals surface area contributed by atoms with E-state index < -0.39 is 21.8 Å². The summed E-state index contributed by atoms with van der Waals surface area (Å²) in [6.07, 6.45) is 2.86. The van der Waals surface area contributed by atoms with Gasteiger partial charge in [0.1, 0.15) is 17.1 Å². The van der Waals surface area contributed by atoms with E-state index >= 15 is 0 Å². The van der Waals surface area contributed by atoms with Crippen molar-refractivity contribution in [3.63, 3.8) is 0 Å². The van der Waals surface area contributed by atoms with Crippen molar-refractivity contribution in [2.45, 2.75) is 55.6 Å². The lowest BCUT2D eigenvalue weighted by Crippen LogP contribution is -2.46. The second-order valence-electron chi connectivity index (χ2n) is 10.8. The summed E-state index contributed by atoms with van der Waals surface area (Å²) in [5.74, 6) is 0.505. The predicted octanol–water partition coefficient (Wildman–Crippen LogP) is 4.80. The Labute approximate surface area is 237 Å². The van der Waals surface area contributed by atoms with Crippen LogP contribution in [0, 0.1) is 5.82 Å². The van der Waals surface area contributed by atoms with Crippen LogP contribution in [-0.2, 0) is 21.4 Å². The molecule has 216 valence electrons. The van der Waals surface area contributed by atoms with Gasteiger partial charge in [0.2, 0.25) is 5.88 Å². The van der Waals surface area contributed by atoms with Gasteiger partial charge in [-0.05, 0) is 68.3 Å². The second-order valence-corrected chi connectivity index (χ2v) is 12.2. The zero-order valence-electron chi connectivity index (χ0n) is 22.6. The quantitative estimate of drug-likeness (QED) is 0.373. The number of aromatic nitrogens is 2. The average Bonchev–Trinajstić information content (AvgIpc) is 3.74. The normalized spacial score (nSPS) is 19.0. The number of piperidine rings is 1. The first-order chi connectivity index (χ1) is 19.6. The molecule has 6 rings (SSSR count). The zero-order valence-corrected chi connectivity index (χ0v) is 23.4. The van der Waals surface area contributed by atoms with Crippen LogP contribution in [0.1, 0.15) is 49.9 Å². The van der Waals surface area contributed by atoms with E-state index in [2.05, 4.69) is 4.90 Å². The Morgan fingerprint density at radius 1 is 1.07 bits per heavy atom. The molecule has 10 nitrogen and oxygen atoms in total. The van der Waals surface area contributed by atoms with Crippen LogP contribution in [0.4, 0.5) is 14.9 Å². The van der Waals surface area contributed by atoms with Gasteiger partial charge in [-0.1, -0.05) is 0 Å². The van der Waals surface area contributed by atoms with E-state index in [1.165, 1.54) is 41.3 Å². The Morgan fingerprint density at radius 3 is 2.37 bits per heavy atom. The molecule has 1 spiro atoms. The third-order valence-corrected chi connectivity index (χ3v) is 8.75. The smallest absolute Gasteiger partial charge is 0.415 e. The Morgan fingerprint density at radius 2 is 1.76 bits per heavy atom. The van der Waals surface area contributed by atoms with E-state index in [0.29, 0.717) is 63.1 Å². The molecule has 0 unspecified atom stereocenters. The Bertz CT molecular complexity index is 1550. The van der Waals surface area contributed by atoms with E-state index in [9.17, 15) is 22.2 Å². The van der Waals surface area contributed by atoms with Gasteiger partial charge in [0.05, 0.1) is 29.4 Å². The predicted molar refractivity (Wildman–Crippen MR) is 148 cm³/mol. The number of carbonyl (C=O) groups excluding carboxylic acids is 1. The molecule has 1 aromatic heterocycles. The highest BCUT2D eigenvalue weighted by atomic mass is 32.2. The van der Waals surface area contributed by atoms with Gasteiger partial charge in [-0.2, -0.15) is 8.42 Å². The van der Waals surface area contributed by atoms with E-state index in [1.54, 1.807) is 12.1 Å². The lowest BCUT2D eigenvalue weighted by Gasteiger charge is -2.37. The van der Waals surface area contributed by atoms with E-state index in [4.69, 9.17) is 19.4 Å². The number of rotatable bonds is 8. The Kier molecular flexibility index (Phi) is 7.16. The number of halogens is 1. The SMILES string of the molecule is CCOc1nc(-c2ccc(F)cc2)c(C2CC2)nc1CN1CCC2(CC1)CN(c1ccc(S(=O)(=O)O)cc1)C(=O)O2. The Hall–Kier alpha value is -3.61. The molecule has 3 heterocycles. The molecule has 0 atom stereocenters. The van der Waals surface area contributed by atoms with Crippen LogP contribution >= 0.6 is 0 Å². The number of hydrogen-bond donors (Lipinski definition) is 1. The first-order valence-electron chi connectivity index (χ1n) is 13.7. The summed E-state index contributed by atoms with van der Waals surface area (Å²) < 4.78 is 57.3. The van der Waals surface area contributed by atoms with Crippen molar-refractivity contribution in [2.24, 2.45) is 0 Å². The van der Waals surface area contributed by atoms with Crippen LogP contribution < -0.4 is 9.64 Å². The standard InChI is InChI=1S/C29H31FN4O6S/c1-2-39-27-24(31-25(19-3-4-19)26(32-27)20-5-7-21(30)8-6-20)17-33-15-13-29(14-16-33)18-34(28(35)40-29)22-9-11-23(12-10-22)41(36,37)38/h5-12,19H,2-4,13-18H2,1H3,(H,36,37,38). The molecule has 1 N–H and O–H groups in total. The van der Waals surface area contributed by atoms with Gasteiger partial charge in [-0.25, -0.2) is 19.2 Å². The van der Waals surface area contributed by atoms with E-state index in [0.717, 1.165) is 35.5 Å². The number of nitrogens with zero attached hydrogens (tertiary/aromatic N) is 4. The molecule has 1 aliphatic carbocycles. The van der Waals surface area contributed by atoms with E-state index in [-0.39, 0.29) is 10.7 Å². The van der Waals surface area contributed by atoms with Crippen molar-refractivity contribution in [1.82, 2.24) is 14.9 Å². The molecule has 2 aliphatic heterocycles. The minimum absolute atomic E-state index is 0.234. The summed E-state index contributed by atoms with van der Waals surface area (Å²) in [6, 6.07) is 11.8. The maximum Gasteiger partial charge on any atom is 0.415 e. The number of anilines is 1. The van der Waals surface area contributed by atoms with Crippen molar-refractivity contribution in [3.8, 4) is 17.1 Å². The van der Waals surface area contributed by atoms with Gasteiger partial charge in [0.15, 0.2) is 0 Å². The highest BCUT2D eigenvalue weighted by Gasteiger charge is 2.47. The number of benzene rings is 2. The fourth-order valence-electron chi connectivity index (χ4n) is 5.50. The summed E-state index contributed by atoms with van der Waals surface area (Å²) in [5.41, 5.74) is 3.10. The summed E-state index contributed by atoms with van der Waals surface area (Å²) >= 11 is 0. The number of carbonyl (C=O) groups is 1. The van der Waals surface area contributed by atoms with Crippen LogP contribution in [-0.4, -0.2) is 65.8 Å². The first kappa shape index (κ1) is 27.6. The van der Waals surface area contributed by atoms with Gasteiger partial charge in [-0.3, -0.25) is 14.4 Å². The molecule has 1 saturated carbocycles. The summed E-state index contributed by atoms with van der Waals surface area (Å²) in [5, 5.41) is 0. The van der Waals surface area contributed by atoms with Crippen LogP contribution in [0.3, 0.4) is 0 Å². The highest BCUT2D eigenvalue weighted by Crippen LogP contribution is 2.44. The molecule has 3 aromatic rings. The molecule has 2 aromatic carbocycles. The summed E-state index contributed by atoms with van der Waals surface area (Å²) in [7, 11) is -4.32.